The number of thiophene rings is 1. The van der Waals surface area contributed by atoms with E-state index in [1.165, 1.54) is 12.1 Å². The van der Waals surface area contributed by atoms with Crippen LogP contribution >= 0.6 is 11.3 Å². The fourth-order valence-electron chi connectivity index (χ4n) is 2.79. The van der Waals surface area contributed by atoms with Crippen molar-refractivity contribution in [2.75, 3.05) is 32.8 Å². The van der Waals surface area contributed by atoms with E-state index < -0.39 is 0 Å². The summed E-state index contributed by atoms with van der Waals surface area (Å²) in [6, 6.07) is 10.2. The first-order valence-corrected chi connectivity index (χ1v) is 9.63. The molecule has 3 rings (SSSR count). The highest BCUT2D eigenvalue weighted by Crippen LogP contribution is 2.29. The van der Waals surface area contributed by atoms with Crippen LogP contribution in [-0.2, 0) is 9.53 Å². The maximum Gasteiger partial charge on any atom is 0.409 e. The fraction of sp³-hybridized carbons (Fsp3) is 0.300. The van der Waals surface area contributed by atoms with Gasteiger partial charge in [-0.15, -0.1) is 11.3 Å². The normalized spacial score (nSPS) is 14.6. The summed E-state index contributed by atoms with van der Waals surface area (Å²) in [5.41, 5.74) is 0.947. The van der Waals surface area contributed by atoms with Crippen molar-refractivity contribution in [3.8, 4) is 10.4 Å². The molecule has 1 saturated heterocycles. The molecule has 0 aliphatic carbocycles. The van der Waals surface area contributed by atoms with Gasteiger partial charge in [-0.1, -0.05) is 12.1 Å². The third kappa shape index (κ3) is 4.95. The van der Waals surface area contributed by atoms with Crippen LogP contribution in [0.1, 0.15) is 11.8 Å². The van der Waals surface area contributed by atoms with Crippen molar-refractivity contribution < 1.29 is 18.7 Å². The van der Waals surface area contributed by atoms with E-state index in [0.29, 0.717) is 32.8 Å². The number of piperazine rings is 1. The van der Waals surface area contributed by atoms with E-state index in [4.69, 9.17) is 4.74 Å². The number of hydrogen-bond donors (Lipinski definition) is 0. The molecule has 0 radical (unpaired) electrons. The molecule has 142 valence electrons. The van der Waals surface area contributed by atoms with Crippen LogP contribution in [0.25, 0.3) is 16.5 Å². The van der Waals surface area contributed by atoms with Crippen LogP contribution in [0.3, 0.4) is 0 Å². The van der Waals surface area contributed by atoms with Crippen LogP contribution in [0.4, 0.5) is 9.18 Å². The number of benzene rings is 1. The number of carbonyl (C=O) groups excluding carboxylic acids is 2. The Morgan fingerprint density at radius 2 is 1.74 bits per heavy atom. The molecule has 1 aliphatic heterocycles. The lowest BCUT2D eigenvalue weighted by Crippen LogP contribution is -2.50. The molecular formula is C20H21FN2O3S. The first-order chi connectivity index (χ1) is 13.1. The topological polar surface area (TPSA) is 49.9 Å². The molecule has 2 aromatic rings. The minimum absolute atomic E-state index is 0.0739. The molecule has 1 fully saturated rings. The minimum atomic E-state index is -0.327. The smallest absolute Gasteiger partial charge is 0.409 e. The lowest BCUT2D eigenvalue weighted by Gasteiger charge is -2.33. The summed E-state index contributed by atoms with van der Waals surface area (Å²) in [5.74, 6) is -0.334. The average molecular weight is 388 g/mol. The number of carbonyl (C=O) groups is 2. The van der Waals surface area contributed by atoms with Crippen molar-refractivity contribution in [2.45, 2.75) is 6.92 Å². The van der Waals surface area contributed by atoms with Gasteiger partial charge >= 0.3 is 6.09 Å². The van der Waals surface area contributed by atoms with E-state index in [-0.39, 0.29) is 17.8 Å². The summed E-state index contributed by atoms with van der Waals surface area (Å²) in [7, 11) is 0. The van der Waals surface area contributed by atoms with Gasteiger partial charge < -0.3 is 14.5 Å². The van der Waals surface area contributed by atoms with Crippen molar-refractivity contribution >= 4 is 29.4 Å². The van der Waals surface area contributed by atoms with Gasteiger partial charge in [0.15, 0.2) is 0 Å². The SMILES string of the molecule is CCOC(=O)N1CCN(C(=O)/C=C/c2ccc(-c3ccc(F)cc3)s2)CC1. The van der Waals surface area contributed by atoms with Gasteiger partial charge in [-0.05, 0) is 42.8 Å². The molecule has 0 bridgehead atoms. The fourth-order valence-corrected chi connectivity index (χ4v) is 3.71. The molecule has 0 atom stereocenters. The van der Waals surface area contributed by atoms with Crippen molar-refractivity contribution in [3.05, 3.63) is 53.2 Å². The molecule has 0 unspecified atom stereocenters. The van der Waals surface area contributed by atoms with E-state index in [1.807, 2.05) is 12.1 Å². The van der Waals surface area contributed by atoms with E-state index in [9.17, 15) is 14.0 Å². The number of rotatable bonds is 4. The largest absolute Gasteiger partial charge is 0.450 e. The molecule has 7 heteroatoms. The molecule has 0 spiro atoms. The number of amides is 2. The third-order valence-electron chi connectivity index (χ3n) is 4.26. The van der Waals surface area contributed by atoms with Gasteiger partial charge in [0, 0.05) is 42.0 Å². The standard InChI is InChI=1S/C20H21FN2O3S/c1-2-26-20(25)23-13-11-22(12-14-23)19(24)10-8-17-7-9-18(27-17)15-3-5-16(21)6-4-15/h3-10H,2,11-14H2,1H3/b10-8+. The monoisotopic (exact) mass is 388 g/mol. The van der Waals surface area contributed by atoms with Crippen molar-refractivity contribution in [3.63, 3.8) is 0 Å². The van der Waals surface area contributed by atoms with E-state index in [0.717, 1.165) is 15.3 Å². The summed E-state index contributed by atoms with van der Waals surface area (Å²) in [6.07, 6.45) is 3.02. The quantitative estimate of drug-likeness (QED) is 0.747. The van der Waals surface area contributed by atoms with Gasteiger partial charge in [0.1, 0.15) is 5.82 Å². The van der Waals surface area contributed by atoms with Crippen molar-refractivity contribution in [2.24, 2.45) is 0 Å². The second kappa shape index (κ2) is 8.81. The van der Waals surface area contributed by atoms with Gasteiger partial charge in [0.05, 0.1) is 6.61 Å². The molecule has 1 aromatic heterocycles. The summed E-state index contributed by atoms with van der Waals surface area (Å²) in [4.78, 5) is 29.4. The van der Waals surface area contributed by atoms with Crippen molar-refractivity contribution in [1.82, 2.24) is 9.80 Å². The molecule has 27 heavy (non-hydrogen) atoms. The van der Waals surface area contributed by atoms with Crippen LogP contribution in [0.2, 0.25) is 0 Å². The number of hydrogen-bond acceptors (Lipinski definition) is 4. The predicted octanol–water partition coefficient (Wildman–Crippen LogP) is 3.87. The zero-order valence-corrected chi connectivity index (χ0v) is 15.9. The Kier molecular flexibility index (Phi) is 6.24. The zero-order chi connectivity index (χ0) is 19.2. The highest BCUT2D eigenvalue weighted by molar-refractivity contribution is 7.16. The average Bonchev–Trinajstić information content (AvgIpc) is 3.16. The molecular weight excluding hydrogens is 367 g/mol. The Hall–Kier alpha value is -2.67. The van der Waals surface area contributed by atoms with Crippen LogP contribution in [0, 0.1) is 5.82 Å². The first kappa shape index (κ1) is 19.1. The Balaban J connectivity index is 1.55. The Bertz CT molecular complexity index is 824. The van der Waals surface area contributed by atoms with Crippen LogP contribution < -0.4 is 0 Å². The predicted molar refractivity (Wildman–Crippen MR) is 104 cm³/mol. The maximum atomic E-state index is 13.0. The van der Waals surface area contributed by atoms with Gasteiger partial charge in [-0.3, -0.25) is 4.79 Å². The molecule has 0 N–H and O–H groups in total. The minimum Gasteiger partial charge on any atom is -0.450 e. The van der Waals surface area contributed by atoms with Gasteiger partial charge in [-0.25, -0.2) is 9.18 Å². The number of ether oxygens (including phenoxy) is 1. The van der Waals surface area contributed by atoms with Gasteiger partial charge in [0.2, 0.25) is 5.91 Å². The summed E-state index contributed by atoms with van der Waals surface area (Å²) >= 11 is 1.54. The Morgan fingerprint density at radius 3 is 2.41 bits per heavy atom. The molecule has 0 saturated carbocycles. The Labute approximate surface area is 161 Å². The second-order valence-corrected chi connectivity index (χ2v) is 7.17. The van der Waals surface area contributed by atoms with E-state index >= 15 is 0 Å². The zero-order valence-electron chi connectivity index (χ0n) is 15.1. The number of halogens is 1. The number of nitrogens with zero attached hydrogens (tertiary/aromatic N) is 2. The molecule has 1 aromatic carbocycles. The summed E-state index contributed by atoms with van der Waals surface area (Å²) in [6.45, 7) is 4.06. The summed E-state index contributed by atoms with van der Waals surface area (Å²) < 4.78 is 18.0. The maximum absolute atomic E-state index is 13.0. The molecule has 2 amide bonds. The second-order valence-electron chi connectivity index (χ2n) is 6.05. The van der Waals surface area contributed by atoms with E-state index in [1.54, 1.807) is 52.3 Å². The first-order valence-electron chi connectivity index (χ1n) is 8.81. The Morgan fingerprint density at radius 1 is 1.07 bits per heavy atom. The van der Waals surface area contributed by atoms with Gasteiger partial charge in [0.25, 0.3) is 0 Å². The van der Waals surface area contributed by atoms with Crippen LogP contribution in [0.5, 0.6) is 0 Å². The molecule has 5 nitrogen and oxygen atoms in total. The lowest BCUT2D eigenvalue weighted by molar-refractivity contribution is -0.127. The van der Waals surface area contributed by atoms with Gasteiger partial charge in [-0.2, -0.15) is 0 Å². The molecule has 1 aliphatic rings. The highest BCUT2D eigenvalue weighted by atomic mass is 32.1. The molecule has 2 heterocycles. The highest BCUT2D eigenvalue weighted by Gasteiger charge is 2.23. The third-order valence-corrected chi connectivity index (χ3v) is 5.36. The van der Waals surface area contributed by atoms with Crippen LogP contribution in [-0.4, -0.2) is 54.6 Å². The lowest BCUT2D eigenvalue weighted by atomic mass is 10.2. The van der Waals surface area contributed by atoms with E-state index in [2.05, 4.69) is 0 Å². The summed E-state index contributed by atoms with van der Waals surface area (Å²) in [5, 5.41) is 0. The van der Waals surface area contributed by atoms with Crippen LogP contribution in [0.15, 0.2) is 42.5 Å². The van der Waals surface area contributed by atoms with Crippen molar-refractivity contribution in [1.29, 1.82) is 0 Å².